The highest BCUT2D eigenvalue weighted by Crippen LogP contribution is 2.70. The van der Waals surface area contributed by atoms with Crippen molar-refractivity contribution in [2.45, 2.75) is 35.7 Å². The summed E-state index contributed by atoms with van der Waals surface area (Å²) in [4.78, 5) is 0. The summed E-state index contributed by atoms with van der Waals surface area (Å²) >= 11 is 0. The summed E-state index contributed by atoms with van der Waals surface area (Å²) in [5.41, 5.74) is 5.99. The van der Waals surface area contributed by atoms with Gasteiger partial charge in [0.15, 0.2) is 0 Å². The van der Waals surface area contributed by atoms with Gasteiger partial charge in [0, 0.05) is 58.6 Å². The van der Waals surface area contributed by atoms with Crippen LogP contribution in [0.4, 0.5) is 0 Å². The van der Waals surface area contributed by atoms with Crippen molar-refractivity contribution in [2.75, 3.05) is 0 Å². The predicted octanol–water partition coefficient (Wildman–Crippen LogP) is 7.76. The van der Waals surface area contributed by atoms with E-state index < -0.39 is 35.7 Å². The van der Waals surface area contributed by atoms with Crippen LogP contribution >= 0.6 is 0 Å². The van der Waals surface area contributed by atoms with Crippen LogP contribution in [-0.2, 0) is 0 Å². The van der Waals surface area contributed by atoms with Crippen molar-refractivity contribution in [1.82, 2.24) is 0 Å². The van der Waals surface area contributed by atoms with Crippen molar-refractivity contribution in [2.24, 2.45) is 0 Å². The number of aromatic hydroxyl groups is 8. The summed E-state index contributed by atoms with van der Waals surface area (Å²) in [7, 11) is 0. The van der Waals surface area contributed by atoms with Gasteiger partial charge in [-0.05, 0) is 88.0 Å². The van der Waals surface area contributed by atoms with Crippen molar-refractivity contribution >= 4 is 0 Å². The zero-order chi connectivity index (χ0) is 35.3. The number of benzene rings is 6. The largest absolute Gasteiger partial charge is 0.508 e. The van der Waals surface area contributed by atoms with E-state index in [0.717, 1.165) is 27.8 Å². The average molecular weight is 681 g/mol. The maximum atomic E-state index is 12.1. The molecule has 0 spiro atoms. The van der Waals surface area contributed by atoms with Crippen LogP contribution in [0.1, 0.15) is 85.8 Å². The zero-order valence-corrected chi connectivity index (χ0v) is 26.8. The third-order valence-electron chi connectivity index (χ3n) is 10.9. The van der Waals surface area contributed by atoms with Crippen LogP contribution in [0.15, 0.2) is 109 Å². The van der Waals surface area contributed by atoms with Crippen LogP contribution in [0, 0.1) is 0 Å². The lowest BCUT2D eigenvalue weighted by atomic mass is 9.69. The third kappa shape index (κ3) is 4.61. The second-order valence-electron chi connectivity index (χ2n) is 13.7. The monoisotopic (exact) mass is 680 g/mol. The normalized spacial score (nSPS) is 22.5. The van der Waals surface area contributed by atoms with Gasteiger partial charge in [-0.1, -0.05) is 36.4 Å². The number of hydrogen-bond donors (Lipinski definition) is 8. The Kier molecular flexibility index (Phi) is 6.60. The fraction of sp³-hybridized carbons (Fsp3) is 0.143. The maximum absolute atomic E-state index is 12.1. The van der Waals surface area contributed by atoms with Crippen LogP contribution in [0.25, 0.3) is 0 Å². The van der Waals surface area contributed by atoms with Gasteiger partial charge >= 0.3 is 0 Å². The van der Waals surface area contributed by atoms with E-state index in [1.54, 1.807) is 97.1 Å². The van der Waals surface area contributed by atoms with E-state index in [1.807, 2.05) is 0 Å². The molecule has 9 nitrogen and oxygen atoms in total. The number of rotatable bonds is 4. The van der Waals surface area contributed by atoms with E-state index in [1.165, 1.54) is 12.1 Å². The molecule has 0 aromatic heterocycles. The molecule has 8 N–H and O–H groups in total. The maximum Gasteiger partial charge on any atom is 0.135 e. The summed E-state index contributed by atoms with van der Waals surface area (Å²) in [6.45, 7) is 0. The van der Waals surface area contributed by atoms with Crippen LogP contribution in [0.2, 0.25) is 0 Å². The van der Waals surface area contributed by atoms with Gasteiger partial charge in [0.25, 0.3) is 0 Å². The van der Waals surface area contributed by atoms with E-state index in [9.17, 15) is 40.9 Å². The molecule has 6 aromatic carbocycles. The SMILES string of the molecule is Oc1ccc([C@@H]2c3c(O)cc4c5c3[C@@H]([C@@H](c3ccc(O)cc3)c3c(O)cc(O)cc3[C@@H]5[C@@H](c3ccc(O)cc3)O4)[C@H]2c2cc(O)cc(O)c2)cc1. The van der Waals surface area contributed by atoms with Gasteiger partial charge in [-0.3, -0.25) is 0 Å². The molecule has 6 aromatic rings. The molecule has 9 heteroatoms. The first kappa shape index (κ1) is 30.6. The molecule has 0 unspecified atom stereocenters. The Morgan fingerprint density at radius 2 is 0.843 bits per heavy atom. The van der Waals surface area contributed by atoms with Crippen molar-refractivity contribution in [3.63, 3.8) is 0 Å². The van der Waals surface area contributed by atoms with Gasteiger partial charge in [0.1, 0.15) is 57.8 Å². The van der Waals surface area contributed by atoms with Crippen LogP contribution in [0.5, 0.6) is 51.7 Å². The molecule has 0 fully saturated rings. The van der Waals surface area contributed by atoms with E-state index in [0.29, 0.717) is 28.0 Å². The Bertz CT molecular complexity index is 2330. The van der Waals surface area contributed by atoms with E-state index in [4.69, 9.17) is 4.74 Å². The molecule has 0 saturated carbocycles. The number of phenols is 8. The summed E-state index contributed by atoms with van der Waals surface area (Å²) in [5.74, 6) is -3.08. The van der Waals surface area contributed by atoms with E-state index in [-0.39, 0.29) is 46.0 Å². The lowest BCUT2D eigenvalue weighted by molar-refractivity contribution is 0.221. The second-order valence-corrected chi connectivity index (χ2v) is 13.7. The minimum absolute atomic E-state index is 0.0358. The molecule has 0 radical (unpaired) electrons. The molecule has 254 valence electrons. The zero-order valence-electron chi connectivity index (χ0n) is 26.8. The van der Waals surface area contributed by atoms with Crippen molar-refractivity contribution in [3.8, 4) is 51.7 Å². The lowest BCUT2D eigenvalue weighted by Crippen LogP contribution is -2.20. The molecule has 0 saturated heterocycles. The van der Waals surface area contributed by atoms with Crippen LogP contribution in [0.3, 0.4) is 0 Å². The Labute approximate surface area is 291 Å². The first-order valence-electron chi connectivity index (χ1n) is 16.6. The van der Waals surface area contributed by atoms with Crippen LogP contribution in [-0.4, -0.2) is 40.9 Å². The first-order valence-corrected chi connectivity index (χ1v) is 16.6. The number of fused-ring (bicyclic) bond motifs is 2. The summed E-state index contributed by atoms with van der Waals surface area (Å²) < 4.78 is 6.70. The molecule has 0 bridgehead atoms. The highest BCUT2D eigenvalue weighted by atomic mass is 16.5. The van der Waals surface area contributed by atoms with Gasteiger partial charge in [-0.15, -0.1) is 0 Å². The Morgan fingerprint density at radius 1 is 0.353 bits per heavy atom. The highest BCUT2D eigenvalue weighted by molar-refractivity contribution is 5.72. The molecule has 0 amide bonds. The molecule has 1 aliphatic heterocycles. The minimum Gasteiger partial charge on any atom is -0.508 e. The number of phenolic OH excluding ortho intramolecular Hbond substituents is 8. The Balaban J connectivity index is 1.44. The van der Waals surface area contributed by atoms with Crippen molar-refractivity contribution in [3.05, 3.63) is 159 Å². The summed E-state index contributed by atoms with van der Waals surface area (Å²) in [6.07, 6.45) is -0.693. The smallest absolute Gasteiger partial charge is 0.135 e. The van der Waals surface area contributed by atoms with Crippen molar-refractivity contribution in [1.29, 1.82) is 0 Å². The Hall–Kier alpha value is -6.48. The summed E-state index contributed by atoms with van der Waals surface area (Å²) in [6, 6.07) is 29.0. The lowest BCUT2D eigenvalue weighted by Gasteiger charge is -2.34. The quantitative estimate of drug-likeness (QED) is 0.0927. The van der Waals surface area contributed by atoms with Crippen molar-refractivity contribution < 1.29 is 45.6 Å². The van der Waals surface area contributed by atoms with Gasteiger partial charge in [-0.2, -0.15) is 0 Å². The van der Waals surface area contributed by atoms with Crippen LogP contribution < -0.4 is 4.74 Å². The fourth-order valence-electron chi connectivity index (χ4n) is 9.08. The van der Waals surface area contributed by atoms with Gasteiger partial charge in [0.2, 0.25) is 0 Å². The molecular weight excluding hydrogens is 648 g/mol. The standard InChI is InChI=1S/C42H32O9/c43-23-7-1-19(2-8-23)33-35(22-13-26(46)15-27(47)14-22)40-34(20-3-9-24(44)10-4-20)36-29(16-28(48)17-30(36)49)37-39-32(18-31(50)38(33)41(39)40)51-42(37)21-5-11-25(45)12-6-21/h1-18,33-35,37,40,42-50H/t33-,34-,35-,37-,40-,42+/m0/s1. The van der Waals surface area contributed by atoms with E-state index in [2.05, 4.69) is 0 Å². The molecule has 6 atom stereocenters. The van der Waals surface area contributed by atoms with Gasteiger partial charge < -0.3 is 45.6 Å². The molecule has 51 heavy (non-hydrogen) atoms. The van der Waals surface area contributed by atoms with Gasteiger partial charge in [-0.25, -0.2) is 0 Å². The van der Waals surface area contributed by atoms with Gasteiger partial charge in [0.05, 0.1) is 5.92 Å². The molecule has 1 heterocycles. The molecule has 9 rings (SSSR count). The molecular formula is C42H32O9. The topological polar surface area (TPSA) is 171 Å². The predicted molar refractivity (Wildman–Crippen MR) is 186 cm³/mol. The number of ether oxygens (including phenoxy) is 1. The minimum atomic E-state index is -0.693. The molecule has 2 aliphatic carbocycles. The highest BCUT2D eigenvalue weighted by Gasteiger charge is 2.56. The van der Waals surface area contributed by atoms with E-state index >= 15 is 0 Å². The molecule has 3 aliphatic rings. The third-order valence-corrected chi connectivity index (χ3v) is 10.9. The fourth-order valence-corrected chi connectivity index (χ4v) is 9.08. The second kappa shape index (κ2) is 11.0. The Morgan fingerprint density at radius 3 is 1.41 bits per heavy atom. The number of hydrogen-bond acceptors (Lipinski definition) is 9. The summed E-state index contributed by atoms with van der Waals surface area (Å²) in [5, 5.41) is 87.6. The average Bonchev–Trinajstić information content (AvgIpc) is 3.60. The first-order chi connectivity index (χ1) is 24.6.